The maximum atomic E-state index is 11.9. The maximum Gasteiger partial charge on any atom is 0.341 e. The van der Waals surface area contributed by atoms with Gasteiger partial charge in [0, 0.05) is 0 Å². The Kier molecular flexibility index (Phi) is 9.75. The average molecular weight is 459 g/mol. The van der Waals surface area contributed by atoms with E-state index in [9.17, 15) is 9.90 Å². The van der Waals surface area contributed by atoms with Crippen molar-refractivity contribution in [3.05, 3.63) is 65.0 Å². The van der Waals surface area contributed by atoms with Crippen LogP contribution in [0, 0.1) is 0 Å². The van der Waals surface area contributed by atoms with Crippen LogP contribution in [0.5, 0.6) is 11.5 Å². The molecule has 7 nitrogen and oxygen atoms in total. The zero-order chi connectivity index (χ0) is 24.4. The van der Waals surface area contributed by atoms with Crippen LogP contribution in [0.15, 0.2) is 59.4 Å². The Morgan fingerprint density at radius 3 is 2.48 bits per heavy atom. The van der Waals surface area contributed by atoms with Gasteiger partial charge in [-0.25, -0.2) is 4.79 Å². The molecule has 0 radical (unpaired) electrons. The summed E-state index contributed by atoms with van der Waals surface area (Å²) in [6.07, 6.45) is 8.48. The van der Waals surface area contributed by atoms with Gasteiger partial charge in [0.15, 0.2) is 11.5 Å². The number of aliphatic hydroxyl groups is 1. The molecule has 0 unspecified atom stereocenters. The minimum absolute atomic E-state index is 0.0432. The summed E-state index contributed by atoms with van der Waals surface area (Å²) >= 11 is 0. The summed E-state index contributed by atoms with van der Waals surface area (Å²) in [4.78, 5) is 11.9. The number of benzene rings is 1. The lowest BCUT2D eigenvalue weighted by Gasteiger charge is -2.12. The van der Waals surface area contributed by atoms with Gasteiger partial charge in [-0.2, -0.15) is 0 Å². The highest BCUT2D eigenvalue weighted by atomic mass is 16.6. The molecule has 7 heteroatoms. The lowest BCUT2D eigenvalue weighted by Crippen LogP contribution is -2.13. The molecular weight excluding hydrogens is 424 g/mol. The van der Waals surface area contributed by atoms with Crippen molar-refractivity contribution in [3.63, 3.8) is 0 Å². The molecule has 1 aliphatic rings. The number of hydrogen-bond acceptors (Lipinski definition) is 7. The Labute approximate surface area is 195 Å². The van der Waals surface area contributed by atoms with Gasteiger partial charge in [-0.1, -0.05) is 29.9 Å². The lowest BCUT2D eigenvalue weighted by atomic mass is 10.1. The van der Waals surface area contributed by atoms with Crippen LogP contribution < -0.4 is 9.47 Å². The van der Waals surface area contributed by atoms with E-state index in [2.05, 4.69) is 0 Å². The molecular formula is C26H34O7. The monoisotopic (exact) mass is 458 g/mol. The van der Waals surface area contributed by atoms with Crippen molar-refractivity contribution in [2.45, 2.75) is 39.4 Å². The van der Waals surface area contributed by atoms with E-state index < -0.39 is 5.97 Å². The SMILES string of the molecule is COC=C(C(=O)OC)C(=CC=Cc1ccc(OCC=C(C)C)c(OC[C@@H]2OC2(C)C)c1)CO. The minimum atomic E-state index is -0.593. The van der Waals surface area contributed by atoms with E-state index in [0.29, 0.717) is 30.3 Å². The fourth-order valence-electron chi connectivity index (χ4n) is 2.88. The average Bonchev–Trinajstić information content (AvgIpc) is 3.40. The Hall–Kier alpha value is -3.03. The van der Waals surface area contributed by atoms with Crippen molar-refractivity contribution in [3.8, 4) is 11.5 Å². The molecule has 0 bridgehead atoms. The highest BCUT2D eigenvalue weighted by molar-refractivity contribution is 5.93. The number of allylic oxidation sites excluding steroid dienone is 3. The second-order valence-electron chi connectivity index (χ2n) is 8.29. The van der Waals surface area contributed by atoms with Crippen LogP contribution in [0.25, 0.3) is 6.08 Å². The summed E-state index contributed by atoms with van der Waals surface area (Å²) in [7, 11) is 2.69. The molecule has 1 heterocycles. The first-order valence-corrected chi connectivity index (χ1v) is 10.7. The molecule has 1 N–H and O–H groups in total. The third-order valence-corrected chi connectivity index (χ3v) is 5.00. The molecule has 0 saturated carbocycles. The molecule has 1 aromatic rings. The van der Waals surface area contributed by atoms with Gasteiger partial charge >= 0.3 is 5.97 Å². The fraction of sp³-hybridized carbons (Fsp3) is 0.423. The molecule has 2 rings (SSSR count). The first kappa shape index (κ1) is 26.2. The molecule has 1 aliphatic heterocycles. The van der Waals surface area contributed by atoms with Crippen molar-refractivity contribution >= 4 is 12.0 Å². The normalized spacial score (nSPS) is 17.5. The Morgan fingerprint density at radius 1 is 1.18 bits per heavy atom. The van der Waals surface area contributed by atoms with Gasteiger partial charge in [-0.15, -0.1) is 0 Å². The van der Waals surface area contributed by atoms with E-state index in [1.807, 2.05) is 58.0 Å². The third-order valence-electron chi connectivity index (χ3n) is 5.00. The number of carbonyl (C=O) groups excluding carboxylic acids is 1. The highest BCUT2D eigenvalue weighted by Crippen LogP contribution is 2.37. The zero-order valence-electron chi connectivity index (χ0n) is 20.2. The highest BCUT2D eigenvalue weighted by Gasteiger charge is 2.48. The van der Waals surface area contributed by atoms with Gasteiger partial charge in [0.25, 0.3) is 0 Å². The van der Waals surface area contributed by atoms with Crippen LogP contribution in [-0.2, 0) is 19.0 Å². The number of aliphatic hydroxyl groups excluding tert-OH is 1. The van der Waals surface area contributed by atoms with E-state index >= 15 is 0 Å². The van der Waals surface area contributed by atoms with Crippen molar-refractivity contribution in [1.82, 2.24) is 0 Å². The van der Waals surface area contributed by atoms with E-state index in [1.165, 1.54) is 26.1 Å². The van der Waals surface area contributed by atoms with E-state index in [-0.39, 0.29) is 23.9 Å². The molecule has 1 atom stereocenters. The largest absolute Gasteiger partial charge is 0.503 e. The van der Waals surface area contributed by atoms with Crippen LogP contribution in [0.3, 0.4) is 0 Å². The summed E-state index contributed by atoms with van der Waals surface area (Å²) < 4.78 is 27.2. The molecule has 0 aromatic heterocycles. The zero-order valence-corrected chi connectivity index (χ0v) is 20.2. The van der Waals surface area contributed by atoms with E-state index in [0.717, 1.165) is 5.56 Å². The smallest absolute Gasteiger partial charge is 0.341 e. The molecule has 0 spiro atoms. The number of ether oxygens (including phenoxy) is 5. The van der Waals surface area contributed by atoms with Crippen LogP contribution >= 0.6 is 0 Å². The first-order valence-electron chi connectivity index (χ1n) is 10.7. The van der Waals surface area contributed by atoms with E-state index in [1.54, 1.807) is 12.2 Å². The maximum absolute atomic E-state index is 11.9. The molecule has 0 aliphatic carbocycles. The van der Waals surface area contributed by atoms with Crippen LogP contribution in [0.1, 0.15) is 33.3 Å². The Balaban J connectivity index is 2.22. The number of rotatable bonds is 12. The van der Waals surface area contributed by atoms with E-state index in [4.69, 9.17) is 23.7 Å². The van der Waals surface area contributed by atoms with Crippen LogP contribution in [-0.4, -0.2) is 56.8 Å². The summed E-state index contributed by atoms with van der Waals surface area (Å²) in [6, 6.07) is 5.63. The summed E-state index contributed by atoms with van der Waals surface area (Å²) in [5, 5.41) is 9.68. The molecule has 180 valence electrons. The van der Waals surface area contributed by atoms with Gasteiger partial charge in [0.2, 0.25) is 0 Å². The predicted octanol–water partition coefficient (Wildman–Crippen LogP) is 4.22. The minimum Gasteiger partial charge on any atom is -0.503 e. The van der Waals surface area contributed by atoms with Crippen molar-refractivity contribution < 1.29 is 33.6 Å². The quantitative estimate of drug-likeness (QED) is 0.125. The Morgan fingerprint density at radius 2 is 1.91 bits per heavy atom. The van der Waals surface area contributed by atoms with Gasteiger partial charge in [-0.05, 0) is 57.0 Å². The standard InChI is InChI=1S/C26H34O7/c1-18(2)12-13-31-22-11-10-19(14-23(22)32-17-24-26(3,4)33-24)8-7-9-20(15-27)21(16-29-5)25(28)30-6/h7-12,14,16,24,27H,13,15,17H2,1-6H3/t24-/m0/s1. The molecule has 0 amide bonds. The first-order chi connectivity index (χ1) is 15.7. The second kappa shape index (κ2) is 12.3. The van der Waals surface area contributed by atoms with Crippen molar-refractivity contribution in [1.29, 1.82) is 0 Å². The van der Waals surface area contributed by atoms with Gasteiger partial charge in [-0.3, -0.25) is 0 Å². The number of epoxide rings is 1. The predicted molar refractivity (Wildman–Crippen MR) is 127 cm³/mol. The lowest BCUT2D eigenvalue weighted by molar-refractivity contribution is -0.136. The summed E-state index contributed by atoms with van der Waals surface area (Å²) in [5.41, 5.74) is 2.38. The van der Waals surface area contributed by atoms with Crippen molar-refractivity contribution in [2.24, 2.45) is 0 Å². The van der Waals surface area contributed by atoms with Gasteiger partial charge in [0.1, 0.15) is 19.3 Å². The molecule has 1 fully saturated rings. The third kappa shape index (κ3) is 8.11. The van der Waals surface area contributed by atoms with Crippen molar-refractivity contribution in [2.75, 3.05) is 34.0 Å². The molecule has 1 saturated heterocycles. The summed E-state index contributed by atoms with van der Waals surface area (Å²) in [6.45, 7) is 8.61. The fourth-order valence-corrected chi connectivity index (χ4v) is 2.88. The van der Waals surface area contributed by atoms with Gasteiger partial charge < -0.3 is 28.8 Å². The molecule has 1 aromatic carbocycles. The summed E-state index contributed by atoms with van der Waals surface area (Å²) in [5.74, 6) is 0.668. The number of esters is 1. The topological polar surface area (TPSA) is 86.8 Å². The molecule has 33 heavy (non-hydrogen) atoms. The van der Waals surface area contributed by atoms with Gasteiger partial charge in [0.05, 0.1) is 38.3 Å². The number of carbonyl (C=O) groups is 1. The van der Waals surface area contributed by atoms with Crippen LogP contribution in [0.4, 0.5) is 0 Å². The number of hydrogen-bond donors (Lipinski definition) is 1. The van der Waals surface area contributed by atoms with Crippen LogP contribution in [0.2, 0.25) is 0 Å². The Bertz CT molecular complexity index is 934. The number of methoxy groups -OCH3 is 2. The second-order valence-corrected chi connectivity index (χ2v) is 8.29.